The Morgan fingerprint density at radius 3 is 2.56 bits per heavy atom. The Kier molecular flexibility index (Phi) is 6.12. The third kappa shape index (κ3) is 4.66. The Bertz CT molecular complexity index is 1870. The number of H-pyrrole nitrogens is 1. The van der Waals surface area contributed by atoms with Crippen molar-refractivity contribution in [3.8, 4) is 11.1 Å². The van der Waals surface area contributed by atoms with Crippen LogP contribution in [0.2, 0.25) is 0 Å². The van der Waals surface area contributed by atoms with E-state index in [1.165, 1.54) is 5.56 Å². The number of nitrogens with zero attached hydrogens (tertiary/aromatic N) is 2. The number of hydrogen-bond donors (Lipinski definition) is 2. The first-order chi connectivity index (χ1) is 19.8. The summed E-state index contributed by atoms with van der Waals surface area (Å²) in [6.07, 6.45) is 6.36. The van der Waals surface area contributed by atoms with Crippen LogP contribution in [-0.2, 0) is 9.47 Å². The number of hydrogen-bond acceptors (Lipinski definition) is 5. The van der Waals surface area contributed by atoms with E-state index in [1.54, 1.807) is 20.8 Å². The first-order valence-electron chi connectivity index (χ1n) is 14.5. The Hall–Kier alpha value is -4.17. The largest absolute Gasteiger partial charge is 0.444 e. The predicted octanol–water partition coefficient (Wildman–Crippen LogP) is 7.62. The molecular weight excluding hydrogens is 516 g/mol. The van der Waals surface area contributed by atoms with Crippen molar-refractivity contribution in [2.24, 2.45) is 0 Å². The molecule has 2 N–H and O–H groups in total. The van der Waals surface area contributed by atoms with Gasteiger partial charge in [-0.1, -0.05) is 36.4 Å². The summed E-state index contributed by atoms with van der Waals surface area (Å²) in [6, 6.07) is 16.4. The van der Waals surface area contributed by atoms with Gasteiger partial charge >= 0.3 is 6.09 Å². The number of ether oxygens (including phenoxy) is 2. The summed E-state index contributed by atoms with van der Waals surface area (Å²) in [6.45, 7) is 6.11. The molecule has 1 saturated carbocycles. The number of amides is 1. The zero-order valence-corrected chi connectivity index (χ0v) is 23.6. The van der Waals surface area contributed by atoms with Crippen LogP contribution in [-0.4, -0.2) is 33.1 Å². The summed E-state index contributed by atoms with van der Waals surface area (Å²) in [7, 11) is 0. The number of pyridine rings is 1. The van der Waals surface area contributed by atoms with Gasteiger partial charge in [-0.2, -0.15) is 5.10 Å². The molecule has 3 heterocycles. The highest BCUT2D eigenvalue weighted by Gasteiger charge is 2.29. The van der Waals surface area contributed by atoms with Crippen molar-refractivity contribution in [2.45, 2.75) is 70.6 Å². The average Bonchev–Trinajstić information content (AvgIpc) is 3.70. The molecule has 8 nitrogen and oxygen atoms in total. The number of aromatic nitrogens is 3. The van der Waals surface area contributed by atoms with E-state index in [1.807, 2.05) is 41.2 Å². The predicted molar refractivity (Wildman–Crippen MR) is 161 cm³/mol. The lowest BCUT2D eigenvalue weighted by Crippen LogP contribution is -2.29. The Labute approximate surface area is 237 Å². The molecule has 2 fully saturated rings. The van der Waals surface area contributed by atoms with Crippen LogP contribution in [0.4, 0.5) is 10.5 Å². The Morgan fingerprint density at radius 2 is 1.83 bits per heavy atom. The van der Waals surface area contributed by atoms with E-state index in [-0.39, 0.29) is 17.5 Å². The van der Waals surface area contributed by atoms with Gasteiger partial charge in [0.15, 0.2) is 6.23 Å². The standard InChI is InChI=1S/C33H34N4O4/c1-33(2,3)41-32(39)36-30-28(21-11-8-12-26-25(21)18-34-37(26)27-13-6-7-16-40-27)24-17-23(19-14-15-19)20-9-4-5-10-22(20)29(24)35-31(30)38/h4-5,8-12,17-19,27H,6-7,13-16H2,1-3H3,(H,35,38)(H,36,39). The number of carbonyl (C=O) groups excluding carboxylic acids is 1. The van der Waals surface area contributed by atoms with E-state index >= 15 is 0 Å². The van der Waals surface area contributed by atoms with Gasteiger partial charge in [0.05, 0.1) is 17.2 Å². The minimum Gasteiger partial charge on any atom is -0.444 e. The lowest BCUT2D eigenvalue weighted by atomic mass is 9.91. The maximum Gasteiger partial charge on any atom is 0.412 e. The van der Waals surface area contributed by atoms with E-state index in [9.17, 15) is 9.59 Å². The van der Waals surface area contributed by atoms with E-state index in [0.29, 0.717) is 18.1 Å². The summed E-state index contributed by atoms with van der Waals surface area (Å²) in [4.78, 5) is 30.0. The molecule has 1 aliphatic heterocycles. The fourth-order valence-corrected chi connectivity index (χ4v) is 6.13. The molecule has 3 aromatic carbocycles. The minimum absolute atomic E-state index is 0.128. The summed E-state index contributed by atoms with van der Waals surface area (Å²) in [5.74, 6) is 0.480. The number of anilines is 1. The van der Waals surface area contributed by atoms with E-state index in [2.05, 4.69) is 28.5 Å². The van der Waals surface area contributed by atoms with Crippen molar-refractivity contribution in [1.82, 2.24) is 14.8 Å². The van der Waals surface area contributed by atoms with Crippen molar-refractivity contribution in [3.63, 3.8) is 0 Å². The van der Waals surface area contributed by atoms with Gasteiger partial charge in [0.2, 0.25) is 0 Å². The molecule has 1 unspecified atom stereocenters. The van der Waals surface area contributed by atoms with Crippen molar-refractivity contribution in [1.29, 1.82) is 0 Å². The molecule has 0 radical (unpaired) electrons. The number of benzene rings is 3. The van der Waals surface area contributed by atoms with Crippen LogP contribution in [0.15, 0.2) is 59.5 Å². The van der Waals surface area contributed by atoms with Crippen LogP contribution in [0.3, 0.4) is 0 Å². The molecule has 7 rings (SSSR count). The first kappa shape index (κ1) is 25.8. The molecule has 1 amide bonds. The van der Waals surface area contributed by atoms with Crippen LogP contribution in [0.5, 0.6) is 0 Å². The fourth-order valence-electron chi connectivity index (χ4n) is 6.13. The Balaban J connectivity index is 1.52. The second-order valence-corrected chi connectivity index (χ2v) is 12.2. The zero-order chi connectivity index (χ0) is 28.3. The number of rotatable bonds is 4. The normalized spacial score (nSPS) is 17.8. The molecule has 1 atom stereocenters. The highest BCUT2D eigenvalue weighted by Crippen LogP contribution is 2.47. The van der Waals surface area contributed by atoms with E-state index in [0.717, 1.165) is 70.2 Å². The van der Waals surface area contributed by atoms with Crippen LogP contribution >= 0.6 is 0 Å². The Morgan fingerprint density at radius 1 is 1.02 bits per heavy atom. The topological polar surface area (TPSA) is 98.2 Å². The molecule has 1 aliphatic carbocycles. The van der Waals surface area contributed by atoms with E-state index < -0.39 is 11.7 Å². The lowest BCUT2D eigenvalue weighted by molar-refractivity contribution is -0.0366. The SMILES string of the molecule is CC(C)(C)OC(=O)Nc1c(-c2cccc3c2cnn3C2CCCCO2)c2cc(C3CC3)c3ccccc3c2[nH]c1=O. The van der Waals surface area contributed by atoms with Crippen molar-refractivity contribution >= 4 is 44.4 Å². The number of carbonyl (C=O) groups is 1. The molecule has 8 heteroatoms. The van der Waals surface area contributed by atoms with Gasteiger partial charge in [0, 0.05) is 28.3 Å². The molecule has 2 aliphatic rings. The molecule has 2 aromatic heterocycles. The summed E-state index contributed by atoms with van der Waals surface area (Å²) >= 11 is 0. The van der Waals surface area contributed by atoms with Crippen molar-refractivity contribution in [2.75, 3.05) is 11.9 Å². The monoisotopic (exact) mass is 550 g/mol. The molecule has 5 aromatic rings. The van der Waals surface area contributed by atoms with Gasteiger partial charge < -0.3 is 14.5 Å². The summed E-state index contributed by atoms with van der Waals surface area (Å²) in [5, 5.41) is 11.5. The van der Waals surface area contributed by atoms with Crippen LogP contribution in [0, 0.1) is 0 Å². The van der Waals surface area contributed by atoms with Gasteiger partial charge in [-0.05, 0) is 87.4 Å². The minimum atomic E-state index is -0.718. The van der Waals surface area contributed by atoms with Crippen molar-refractivity contribution < 1.29 is 14.3 Å². The number of aromatic amines is 1. The molecule has 1 saturated heterocycles. The van der Waals surface area contributed by atoms with Gasteiger partial charge in [-0.25, -0.2) is 9.48 Å². The zero-order valence-electron chi connectivity index (χ0n) is 23.6. The molecule has 0 bridgehead atoms. The third-order valence-electron chi connectivity index (χ3n) is 8.04. The molecule has 0 spiro atoms. The lowest BCUT2D eigenvalue weighted by Gasteiger charge is -2.23. The maximum absolute atomic E-state index is 13.8. The van der Waals surface area contributed by atoms with E-state index in [4.69, 9.17) is 14.6 Å². The molecule has 41 heavy (non-hydrogen) atoms. The average molecular weight is 551 g/mol. The molecular formula is C33H34N4O4. The van der Waals surface area contributed by atoms with Crippen LogP contribution in [0.25, 0.3) is 43.7 Å². The summed E-state index contributed by atoms with van der Waals surface area (Å²) in [5.41, 5.74) is 3.49. The van der Waals surface area contributed by atoms with Gasteiger partial charge in [0.1, 0.15) is 11.3 Å². The quantitative estimate of drug-likeness (QED) is 0.224. The third-order valence-corrected chi connectivity index (χ3v) is 8.04. The second-order valence-electron chi connectivity index (χ2n) is 12.2. The molecule has 210 valence electrons. The smallest absolute Gasteiger partial charge is 0.412 e. The highest BCUT2D eigenvalue weighted by atomic mass is 16.6. The maximum atomic E-state index is 13.8. The fraction of sp³-hybridized carbons (Fsp3) is 0.364. The van der Waals surface area contributed by atoms with Gasteiger partial charge in [-0.15, -0.1) is 0 Å². The van der Waals surface area contributed by atoms with Crippen LogP contribution < -0.4 is 10.9 Å². The highest BCUT2D eigenvalue weighted by molar-refractivity contribution is 6.17. The number of nitrogens with one attached hydrogen (secondary N) is 2. The summed E-state index contributed by atoms with van der Waals surface area (Å²) < 4.78 is 13.6. The van der Waals surface area contributed by atoms with Gasteiger partial charge in [0.25, 0.3) is 5.56 Å². The number of fused-ring (bicyclic) bond motifs is 4. The van der Waals surface area contributed by atoms with Crippen molar-refractivity contribution in [3.05, 3.63) is 70.6 Å². The van der Waals surface area contributed by atoms with Crippen LogP contribution in [0.1, 0.15) is 70.6 Å². The second kappa shape index (κ2) is 9.73. The van der Waals surface area contributed by atoms with Gasteiger partial charge in [-0.3, -0.25) is 10.1 Å². The first-order valence-corrected chi connectivity index (χ1v) is 14.5.